The Labute approximate surface area is 163 Å². The first-order valence-electron chi connectivity index (χ1n) is 9.76. The molecule has 0 atom stereocenters. The zero-order chi connectivity index (χ0) is 19.9. The van der Waals surface area contributed by atoms with Gasteiger partial charge in [-0.05, 0) is 31.4 Å². The lowest BCUT2D eigenvalue weighted by Crippen LogP contribution is -2.39. The number of carbonyl (C=O) groups excluding carboxylic acids is 1. The Balaban J connectivity index is 2.31. The lowest BCUT2D eigenvalue weighted by atomic mass is 10.2. The second-order valence-electron chi connectivity index (χ2n) is 6.83. The number of aromatic nitrogens is 1. The number of likely N-dealkylation sites (N-methyl/N-ethyl adjacent to an activating group) is 1. The lowest BCUT2D eigenvalue weighted by molar-refractivity contribution is -0.128. The highest BCUT2D eigenvalue weighted by molar-refractivity contribution is 5.84. The first-order valence-corrected chi connectivity index (χ1v) is 9.76. The minimum atomic E-state index is -0.0107. The maximum Gasteiger partial charge on any atom is 0.244 e. The summed E-state index contributed by atoms with van der Waals surface area (Å²) in [5, 5.41) is 6.40. The molecule has 7 nitrogen and oxygen atoms in total. The Hall–Kier alpha value is -2.15. The molecule has 0 bridgehead atoms. The van der Waals surface area contributed by atoms with Gasteiger partial charge in [0.1, 0.15) is 6.54 Å². The second-order valence-corrected chi connectivity index (χ2v) is 6.83. The number of carbonyl (C=O) groups is 1. The second kappa shape index (κ2) is 14.0. The summed E-state index contributed by atoms with van der Waals surface area (Å²) in [7, 11) is 1.80. The van der Waals surface area contributed by atoms with Crippen LogP contribution in [0.25, 0.3) is 0 Å². The SMILES string of the molecule is CCNC(=NCC(=O)N(C)CCc1ccccn1)NCCCOCC(C)C. The van der Waals surface area contributed by atoms with Gasteiger partial charge in [-0.3, -0.25) is 9.78 Å². The summed E-state index contributed by atoms with van der Waals surface area (Å²) in [6.07, 6.45) is 3.40. The Morgan fingerprint density at radius 2 is 2.15 bits per heavy atom. The van der Waals surface area contributed by atoms with Crippen molar-refractivity contribution in [3.8, 4) is 0 Å². The molecule has 0 fully saturated rings. The summed E-state index contributed by atoms with van der Waals surface area (Å²) in [4.78, 5) is 22.6. The van der Waals surface area contributed by atoms with E-state index in [1.165, 1.54) is 0 Å². The van der Waals surface area contributed by atoms with E-state index in [0.717, 1.165) is 44.8 Å². The highest BCUT2D eigenvalue weighted by Crippen LogP contribution is 1.97. The molecular weight excluding hydrogens is 342 g/mol. The summed E-state index contributed by atoms with van der Waals surface area (Å²) in [5.41, 5.74) is 0.982. The molecule has 0 radical (unpaired) electrons. The Kier molecular flexibility index (Phi) is 11.8. The highest BCUT2D eigenvalue weighted by Gasteiger charge is 2.09. The van der Waals surface area contributed by atoms with E-state index in [0.29, 0.717) is 18.4 Å². The van der Waals surface area contributed by atoms with Crippen LogP contribution in [0.5, 0.6) is 0 Å². The number of amides is 1. The number of aliphatic imine (C=N–C) groups is 1. The van der Waals surface area contributed by atoms with Crippen LogP contribution in [-0.2, 0) is 16.0 Å². The molecule has 1 amide bonds. The molecule has 1 aromatic rings. The van der Waals surface area contributed by atoms with E-state index >= 15 is 0 Å². The van der Waals surface area contributed by atoms with Crippen molar-refractivity contribution in [3.63, 3.8) is 0 Å². The summed E-state index contributed by atoms with van der Waals surface area (Å²) >= 11 is 0. The fourth-order valence-electron chi connectivity index (χ4n) is 2.26. The molecule has 0 saturated heterocycles. The first kappa shape index (κ1) is 22.9. The number of ether oxygens (including phenoxy) is 1. The topological polar surface area (TPSA) is 78.9 Å². The summed E-state index contributed by atoms with van der Waals surface area (Å²) < 4.78 is 5.56. The average Bonchev–Trinajstić information content (AvgIpc) is 2.67. The number of nitrogens with one attached hydrogen (secondary N) is 2. The molecule has 0 unspecified atom stereocenters. The maximum absolute atomic E-state index is 12.3. The third kappa shape index (κ3) is 11.2. The van der Waals surface area contributed by atoms with Crippen LogP contribution in [0.15, 0.2) is 29.4 Å². The fourth-order valence-corrected chi connectivity index (χ4v) is 2.26. The smallest absolute Gasteiger partial charge is 0.244 e. The van der Waals surface area contributed by atoms with Gasteiger partial charge >= 0.3 is 0 Å². The molecule has 27 heavy (non-hydrogen) atoms. The van der Waals surface area contributed by atoms with Crippen LogP contribution in [0.3, 0.4) is 0 Å². The molecule has 7 heteroatoms. The molecule has 152 valence electrons. The Morgan fingerprint density at radius 1 is 1.33 bits per heavy atom. The van der Waals surface area contributed by atoms with Crippen LogP contribution >= 0.6 is 0 Å². The van der Waals surface area contributed by atoms with Crippen LogP contribution in [0.4, 0.5) is 0 Å². The summed E-state index contributed by atoms with van der Waals surface area (Å²) in [6.45, 7) is 10.0. The lowest BCUT2D eigenvalue weighted by Gasteiger charge is -2.16. The molecule has 0 aliphatic rings. The third-order valence-electron chi connectivity index (χ3n) is 3.78. The van der Waals surface area contributed by atoms with Crippen molar-refractivity contribution >= 4 is 11.9 Å². The van der Waals surface area contributed by atoms with Gasteiger partial charge in [0.05, 0.1) is 0 Å². The highest BCUT2D eigenvalue weighted by atomic mass is 16.5. The van der Waals surface area contributed by atoms with Crippen molar-refractivity contribution in [3.05, 3.63) is 30.1 Å². The van der Waals surface area contributed by atoms with Crippen molar-refractivity contribution < 1.29 is 9.53 Å². The van der Waals surface area contributed by atoms with Gasteiger partial charge in [-0.25, -0.2) is 4.99 Å². The molecule has 0 aromatic carbocycles. The quantitative estimate of drug-likeness (QED) is 0.329. The number of rotatable bonds is 12. The van der Waals surface area contributed by atoms with Gasteiger partial charge in [0.2, 0.25) is 5.91 Å². The van der Waals surface area contributed by atoms with E-state index in [9.17, 15) is 4.79 Å². The van der Waals surface area contributed by atoms with Crippen LogP contribution in [0, 0.1) is 5.92 Å². The van der Waals surface area contributed by atoms with Gasteiger partial charge in [0.25, 0.3) is 0 Å². The standard InChI is InChI=1S/C20H35N5O2/c1-5-21-20(23-12-8-14-27-16-17(2)3)24-15-19(26)25(4)13-10-18-9-6-7-11-22-18/h6-7,9,11,17H,5,8,10,12-16H2,1-4H3,(H2,21,23,24). The van der Waals surface area contributed by atoms with E-state index in [4.69, 9.17) is 4.74 Å². The van der Waals surface area contributed by atoms with Crippen LogP contribution in [0.2, 0.25) is 0 Å². The van der Waals surface area contributed by atoms with Gasteiger partial charge < -0.3 is 20.3 Å². The van der Waals surface area contributed by atoms with Gasteiger partial charge in [-0.2, -0.15) is 0 Å². The minimum absolute atomic E-state index is 0.0107. The number of pyridine rings is 1. The van der Waals surface area contributed by atoms with Crippen LogP contribution in [0.1, 0.15) is 32.9 Å². The van der Waals surface area contributed by atoms with Crippen molar-refractivity contribution in [1.29, 1.82) is 0 Å². The molecular formula is C20H35N5O2. The monoisotopic (exact) mass is 377 g/mol. The molecule has 0 aliphatic heterocycles. The molecule has 0 saturated carbocycles. The fraction of sp³-hybridized carbons (Fsp3) is 0.650. The third-order valence-corrected chi connectivity index (χ3v) is 3.78. The molecule has 0 spiro atoms. The molecule has 1 heterocycles. The zero-order valence-electron chi connectivity index (χ0n) is 17.2. The van der Waals surface area contributed by atoms with Crippen molar-refractivity contribution in [2.45, 2.75) is 33.6 Å². The molecule has 2 N–H and O–H groups in total. The maximum atomic E-state index is 12.3. The van der Waals surface area contributed by atoms with Crippen molar-refractivity contribution in [2.75, 3.05) is 46.4 Å². The molecule has 0 aliphatic carbocycles. The summed E-state index contributed by atoms with van der Waals surface area (Å²) in [5.74, 6) is 1.20. The number of hydrogen-bond donors (Lipinski definition) is 2. The normalized spacial score (nSPS) is 11.5. The van der Waals surface area contributed by atoms with Crippen LogP contribution < -0.4 is 10.6 Å². The van der Waals surface area contributed by atoms with E-state index in [2.05, 4.69) is 34.5 Å². The number of guanidine groups is 1. The van der Waals surface area contributed by atoms with Gasteiger partial charge in [-0.15, -0.1) is 0 Å². The first-order chi connectivity index (χ1) is 13.0. The van der Waals surface area contributed by atoms with Gasteiger partial charge in [-0.1, -0.05) is 19.9 Å². The zero-order valence-corrected chi connectivity index (χ0v) is 17.2. The van der Waals surface area contributed by atoms with Crippen LogP contribution in [-0.4, -0.2) is 68.2 Å². The number of hydrogen-bond acceptors (Lipinski definition) is 4. The van der Waals surface area contributed by atoms with Gasteiger partial charge in [0.15, 0.2) is 5.96 Å². The summed E-state index contributed by atoms with van der Waals surface area (Å²) in [6, 6.07) is 5.81. The van der Waals surface area contributed by atoms with Gasteiger partial charge in [0, 0.05) is 58.2 Å². The predicted molar refractivity (Wildman–Crippen MR) is 110 cm³/mol. The van der Waals surface area contributed by atoms with E-state index < -0.39 is 0 Å². The van der Waals surface area contributed by atoms with Crippen molar-refractivity contribution in [2.24, 2.45) is 10.9 Å². The average molecular weight is 378 g/mol. The predicted octanol–water partition coefficient (Wildman–Crippen LogP) is 1.70. The van der Waals surface area contributed by atoms with Crippen molar-refractivity contribution in [1.82, 2.24) is 20.5 Å². The number of nitrogens with zero attached hydrogens (tertiary/aromatic N) is 3. The van der Waals surface area contributed by atoms with E-state index in [1.54, 1.807) is 18.1 Å². The largest absolute Gasteiger partial charge is 0.381 e. The Morgan fingerprint density at radius 3 is 2.81 bits per heavy atom. The minimum Gasteiger partial charge on any atom is -0.381 e. The molecule has 1 aromatic heterocycles. The Bertz CT molecular complexity index is 549. The molecule has 1 rings (SSSR count). The van der Waals surface area contributed by atoms with E-state index in [-0.39, 0.29) is 12.5 Å². The van der Waals surface area contributed by atoms with E-state index in [1.807, 2.05) is 25.1 Å².